The third-order valence-corrected chi connectivity index (χ3v) is 6.45. The molecule has 2 fully saturated rings. The van der Waals surface area contributed by atoms with Crippen LogP contribution >= 0.6 is 11.3 Å². The minimum Gasteiger partial charge on any atom is -0.376 e. The van der Waals surface area contributed by atoms with Gasteiger partial charge >= 0.3 is 0 Å². The van der Waals surface area contributed by atoms with Gasteiger partial charge in [0.05, 0.1) is 17.0 Å². The molecule has 5 heteroatoms. The summed E-state index contributed by atoms with van der Waals surface area (Å²) in [4.78, 5) is 14.7. The van der Waals surface area contributed by atoms with Crippen molar-refractivity contribution in [1.82, 2.24) is 5.32 Å². The standard InChI is InChI=1S/C16H22N2O2S/c17-13-10-6-7-20-15(10)14(13)18-16(19)12-8-9-4-2-1-3-5-11(9)21-12/h8,10,13-15H,1-7,17H2,(H,18,19). The zero-order chi connectivity index (χ0) is 14.4. The van der Waals surface area contributed by atoms with E-state index in [0.29, 0.717) is 5.92 Å². The molecule has 2 aliphatic carbocycles. The van der Waals surface area contributed by atoms with Gasteiger partial charge in [0.25, 0.3) is 5.91 Å². The molecule has 3 N–H and O–H groups in total. The van der Waals surface area contributed by atoms with Gasteiger partial charge in [-0.1, -0.05) is 6.42 Å². The van der Waals surface area contributed by atoms with E-state index in [9.17, 15) is 4.79 Å². The van der Waals surface area contributed by atoms with E-state index in [4.69, 9.17) is 10.5 Å². The third kappa shape index (κ3) is 2.31. The lowest BCUT2D eigenvalue weighted by molar-refractivity contribution is -0.0160. The van der Waals surface area contributed by atoms with E-state index in [1.165, 1.54) is 29.7 Å². The molecule has 0 bridgehead atoms. The lowest BCUT2D eigenvalue weighted by Gasteiger charge is -2.45. The minimum absolute atomic E-state index is 0.00749. The first kappa shape index (κ1) is 13.7. The summed E-state index contributed by atoms with van der Waals surface area (Å²) in [5.41, 5.74) is 7.55. The normalized spacial score (nSPS) is 34.5. The number of thiophene rings is 1. The number of fused-ring (bicyclic) bond motifs is 2. The highest BCUT2D eigenvalue weighted by Crippen LogP contribution is 2.38. The number of hydrogen-bond acceptors (Lipinski definition) is 4. The first-order chi connectivity index (χ1) is 10.2. The number of aryl methyl sites for hydroxylation is 2. The van der Waals surface area contributed by atoms with Gasteiger partial charge in [-0.05, 0) is 43.7 Å². The van der Waals surface area contributed by atoms with Crippen LogP contribution in [0.5, 0.6) is 0 Å². The molecule has 4 unspecified atom stereocenters. The predicted octanol–water partition coefficient (Wildman–Crippen LogP) is 1.86. The molecular formula is C16H22N2O2S. The number of hydrogen-bond donors (Lipinski definition) is 2. The number of nitrogens with two attached hydrogens (primary N) is 1. The number of rotatable bonds is 2. The van der Waals surface area contributed by atoms with Crippen LogP contribution in [0.25, 0.3) is 0 Å². The van der Waals surface area contributed by atoms with Crippen molar-refractivity contribution in [2.24, 2.45) is 11.7 Å². The molecule has 1 aromatic rings. The number of amides is 1. The van der Waals surface area contributed by atoms with Gasteiger partial charge in [-0.3, -0.25) is 4.79 Å². The number of ether oxygens (including phenoxy) is 1. The summed E-state index contributed by atoms with van der Waals surface area (Å²) in [5.74, 6) is 0.470. The Labute approximate surface area is 129 Å². The highest BCUT2D eigenvalue weighted by molar-refractivity contribution is 7.14. The van der Waals surface area contributed by atoms with Gasteiger partial charge in [0.15, 0.2) is 0 Å². The molecule has 1 amide bonds. The molecule has 0 aromatic carbocycles. The SMILES string of the molecule is NC1C2CCOC2C1NC(=O)c1cc2c(s1)CCCCC2. The summed E-state index contributed by atoms with van der Waals surface area (Å²) < 4.78 is 5.68. The Bertz CT molecular complexity index is 533. The van der Waals surface area contributed by atoms with E-state index in [-0.39, 0.29) is 24.1 Å². The summed E-state index contributed by atoms with van der Waals surface area (Å²) in [5, 5.41) is 3.10. The zero-order valence-corrected chi connectivity index (χ0v) is 13.0. The Morgan fingerprint density at radius 1 is 1.33 bits per heavy atom. The molecule has 4 rings (SSSR count). The first-order valence-corrected chi connectivity index (χ1v) is 8.85. The van der Waals surface area contributed by atoms with Crippen LogP contribution < -0.4 is 11.1 Å². The Morgan fingerprint density at radius 2 is 2.19 bits per heavy atom. The second-order valence-corrected chi connectivity index (χ2v) is 7.62. The second kappa shape index (κ2) is 5.38. The molecule has 0 radical (unpaired) electrons. The molecule has 114 valence electrons. The van der Waals surface area contributed by atoms with Crippen LogP contribution in [0.4, 0.5) is 0 Å². The fraction of sp³-hybridized carbons (Fsp3) is 0.688. The Hall–Kier alpha value is -0.910. The molecule has 4 atom stereocenters. The summed E-state index contributed by atoms with van der Waals surface area (Å²) in [6.07, 6.45) is 7.23. The first-order valence-electron chi connectivity index (χ1n) is 8.03. The highest BCUT2D eigenvalue weighted by atomic mass is 32.1. The second-order valence-electron chi connectivity index (χ2n) is 6.48. The molecule has 1 saturated carbocycles. The number of carbonyl (C=O) groups excluding carboxylic acids is 1. The van der Waals surface area contributed by atoms with Crippen LogP contribution in [0, 0.1) is 5.92 Å². The number of carbonyl (C=O) groups is 1. The molecular weight excluding hydrogens is 284 g/mol. The molecule has 1 aliphatic heterocycles. The van der Waals surface area contributed by atoms with E-state index < -0.39 is 0 Å². The van der Waals surface area contributed by atoms with E-state index in [0.717, 1.165) is 30.7 Å². The van der Waals surface area contributed by atoms with Crippen molar-refractivity contribution in [2.75, 3.05) is 6.61 Å². The van der Waals surface area contributed by atoms with Gasteiger partial charge in [-0.15, -0.1) is 11.3 Å². The quantitative estimate of drug-likeness (QED) is 0.820. The average molecular weight is 306 g/mol. The van der Waals surface area contributed by atoms with Crippen molar-refractivity contribution >= 4 is 17.2 Å². The molecule has 3 aliphatic rings. The zero-order valence-electron chi connectivity index (χ0n) is 12.1. The Balaban J connectivity index is 1.46. The van der Waals surface area contributed by atoms with Gasteiger partial charge in [-0.2, -0.15) is 0 Å². The summed E-state index contributed by atoms with van der Waals surface area (Å²) in [6, 6.07) is 2.14. The minimum atomic E-state index is -0.00749. The summed E-state index contributed by atoms with van der Waals surface area (Å²) >= 11 is 1.67. The molecule has 0 spiro atoms. The topological polar surface area (TPSA) is 64.3 Å². The van der Waals surface area contributed by atoms with Crippen molar-refractivity contribution in [3.8, 4) is 0 Å². The van der Waals surface area contributed by atoms with Gasteiger partial charge in [0.1, 0.15) is 0 Å². The molecule has 2 heterocycles. The largest absolute Gasteiger partial charge is 0.376 e. The maximum Gasteiger partial charge on any atom is 0.261 e. The van der Waals surface area contributed by atoms with E-state index in [1.807, 2.05) is 0 Å². The maximum absolute atomic E-state index is 12.5. The van der Waals surface area contributed by atoms with Gasteiger partial charge in [0, 0.05) is 23.4 Å². The average Bonchev–Trinajstić information content (AvgIpc) is 3.04. The monoisotopic (exact) mass is 306 g/mol. The van der Waals surface area contributed by atoms with Crippen molar-refractivity contribution in [2.45, 2.75) is 56.7 Å². The van der Waals surface area contributed by atoms with Crippen LogP contribution in [-0.4, -0.2) is 30.7 Å². The van der Waals surface area contributed by atoms with Crippen molar-refractivity contribution < 1.29 is 9.53 Å². The predicted molar refractivity (Wildman–Crippen MR) is 82.7 cm³/mol. The van der Waals surface area contributed by atoms with Crippen LogP contribution in [0.3, 0.4) is 0 Å². The summed E-state index contributed by atoms with van der Waals surface area (Å²) in [7, 11) is 0. The van der Waals surface area contributed by atoms with Crippen LogP contribution in [0.1, 0.15) is 45.8 Å². The fourth-order valence-corrected chi connectivity index (χ4v) is 5.09. The molecule has 21 heavy (non-hydrogen) atoms. The van der Waals surface area contributed by atoms with Crippen molar-refractivity contribution in [3.63, 3.8) is 0 Å². The summed E-state index contributed by atoms with van der Waals surface area (Å²) in [6.45, 7) is 0.780. The van der Waals surface area contributed by atoms with E-state index in [2.05, 4.69) is 11.4 Å². The molecule has 1 saturated heterocycles. The van der Waals surface area contributed by atoms with E-state index >= 15 is 0 Å². The maximum atomic E-state index is 12.5. The lowest BCUT2D eigenvalue weighted by atomic mass is 9.72. The number of nitrogens with one attached hydrogen (secondary N) is 1. The Kier molecular flexibility index (Phi) is 3.52. The fourth-order valence-electron chi connectivity index (χ4n) is 3.93. The molecule has 4 nitrogen and oxygen atoms in total. The lowest BCUT2D eigenvalue weighted by Crippen LogP contribution is -2.68. The van der Waals surface area contributed by atoms with Gasteiger partial charge in [-0.25, -0.2) is 0 Å². The molecule has 1 aromatic heterocycles. The van der Waals surface area contributed by atoms with Gasteiger partial charge < -0.3 is 15.8 Å². The highest BCUT2D eigenvalue weighted by Gasteiger charge is 2.52. The van der Waals surface area contributed by atoms with Crippen LogP contribution in [0.2, 0.25) is 0 Å². The van der Waals surface area contributed by atoms with Crippen molar-refractivity contribution in [3.05, 3.63) is 21.4 Å². The van der Waals surface area contributed by atoms with Crippen molar-refractivity contribution in [1.29, 1.82) is 0 Å². The Morgan fingerprint density at radius 3 is 3.10 bits per heavy atom. The van der Waals surface area contributed by atoms with Gasteiger partial charge in [0.2, 0.25) is 0 Å². The van der Waals surface area contributed by atoms with E-state index in [1.54, 1.807) is 11.3 Å². The smallest absolute Gasteiger partial charge is 0.261 e. The van der Waals surface area contributed by atoms with Crippen LogP contribution in [-0.2, 0) is 17.6 Å². The third-order valence-electron chi connectivity index (χ3n) is 5.21. The van der Waals surface area contributed by atoms with Crippen LogP contribution in [0.15, 0.2) is 6.07 Å².